The summed E-state index contributed by atoms with van der Waals surface area (Å²) in [6, 6.07) is 25.2. The molecule has 31 heavy (non-hydrogen) atoms. The molecule has 0 bridgehead atoms. The van der Waals surface area contributed by atoms with Crippen molar-refractivity contribution in [2.75, 3.05) is 19.5 Å². The highest BCUT2D eigenvalue weighted by Crippen LogP contribution is 2.27. The third kappa shape index (κ3) is 6.21. The number of hydrogen-bond acceptors (Lipinski definition) is 6. The third-order valence-electron chi connectivity index (χ3n) is 4.43. The molecule has 6 nitrogen and oxygen atoms in total. The highest BCUT2D eigenvalue weighted by atomic mass is 16.5. The van der Waals surface area contributed by atoms with Gasteiger partial charge in [0.25, 0.3) is 0 Å². The molecule has 0 radical (unpaired) electrons. The van der Waals surface area contributed by atoms with Gasteiger partial charge >= 0.3 is 11.9 Å². The average Bonchev–Trinajstić information content (AvgIpc) is 2.82. The van der Waals surface area contributed by atoms with Gasteiger partial charge in [0.2, 0.25) is 0 Å². The summed E-state index contributed by atoms with van der Waals surface area (Å²) in [6.07, 6.45) is 1.05. The van der Waals surface area contributed by atoms with Crippen LogP contribution in [0.1, 0.15) is 5.56 Å². The van der Waals surface area contributed by atoms with Gasteiger partial charge in [-0.05, 0) is 41.0 Å². The number of benzene rings is 3. The van der Waals surface area contributed by atoms with E-state index in [2.05, 4.69) is 10.1 Å². The first-order valence-corrected chi connectivity index (χ1v) is 9.61. The molecule has 0 saturated heterocycles. The van der Waals surface area contributed by atoms with Crippen molar-refractivity contribution < 1.29 is 23.8 Å². The van der Waals surface area contributed by atoms with Gasteiger partial charge in [0.05, 0.1) is 20.3 Å². The van der Waals surface area contributed by atoms with Crippen molar-refractivity contribution in [1.82, 2.24) is 0 Å². The summed E-state index contributed by atoms with van der Waals surface area (Å²) in [5, 5.41) is 2.92. The molecule has 3 aromatic rings. The van der Waals surface area contributed by atoms with Gasteiger partial charge in [-0.25, -0.2) is 9.59 Å². The number of rotatable bonds is 8. The lowest BCUT2D eigenvalue weighted by Crippen LogP contribution is -2.15. The Morgan fingerprint density at radius 2 is 1.55 bits per heavy atom. The van der Waals surface area contributed by atoms with Crippen LogP contribution in [0.4, 0.5) is 5.69 Å². The Labute approximate surface area is 181 Å². The normalized spacial score (nSPS) is 10.8. The minimum Gasteiger partial charge on any atom is -0.489 e. The number of nitrogens with one attached hydrogen (secondary N) is 1. The molecule has 0 saturated carbocycles. The summed E-state index contributed by atoms with van der Waals surface area (Å²) in [4.78, 5) is 23.5. The lowest BCUT2D eigenvalue weighted by molar-refractivity contribution is -0.138. The number of ether oxygens (including phenoxy) is 3. The fourth-order valence-corrected chi connectivity index (χ4v) is 2.87. The molecule has 158 valence electrons. The molecule has 1 N–H and O–H groups in total. The smallest absolute Gasteiger partial charge is 0.354 e. The predicted molar refractivity (Wildman–Crippen MR) is 118 cm³/mol. The van der Waals surface area contributed by atoms with Crippen LogP contribution in [0.3, 0.4) is 0 Å². The van der Waals surface area contributed by atoms with Gasteiger partial charge < -0.3 is 19.5 Å². The number of anilines is 1. The van der Waals surface area contributed by atoms with E-state index < -0.39 is 11.9 Å². The summed E-state index contributed by atoms with van der Waals surface area (Å²) in [7, 11) is 2.48. The first kappa shape index (κ1) is 21.6. The number of methoxy groups -OCH3 is 2. The van der Waals surface area contributed by atoms with Crippen molar-refractivity contribution in [3.8, 4) is 16.9 Å². The van der Waals surface area contributed by atoms with Crippen LogP contribution in [-0.4, -0.2) is 26.2 Å². The van der Waals surface area contributed by atoms with Gasteiger partial charge in [-0.1, -0.05) is 54.6 Å². The van der Waals surface area contributed by atoms with Crippen molar-refractivity contribution in [2.45, 2.75) is 6.61 Å². The number of carbonyl (C=O) groups excluding carboxylic acids is 2. The van der Waals surface area contributed by atoms with E-state index in [4.69, 9.17) is 9.47 Å². The number of carbonyl (C=O) groups is 2. The minimum atomic E-state index is -0.674. The molecular weight excluding hydrogens is 394 g/mol. The van der Waals surface area contributed by atoms with Gasteiger partial charge in [-0.15, -0.1) is 0 Å². The van der Waals surface area contributed by atoms with E-state index >= 15 is 0 Å². The summed E-state index contributed by atoms with van der Waals surface area (Å²) < 4.78 is 15.2. The first-order chi connectivity index (χ1) is 15.1. The molecular formula is C25H23NO5. The maximum Gasteiger partial charge on any atom is 0.354 e. The molecule has 0 amide bonds. The minimum absolute atomic E-state index is 0.0218. The van der Waals surface area contributed by atoms with E-state index in [-0.39, 0.29) is 5.70 Å². The van der Waals surface area contributed by atoms with Crippen LogP contribution in [0, 0.1) is 0 Å². The SMILES string of the molecule is COC(=O)/C=C(/Nc1cccc(-c2cccc(OCc3ccccc3)c2)c1)C(=O)OC. The Morgan fingerprint density at radius 1 is 0.839 bits per heavy atom. The van der Waals surface area contributed by atoms with Gasteiger partial charge in [-0.2, -0.15) is 0 Å². The quantitative estimate of drug-likeness (QED) is 0.427. The molecule has 0 fully saturated rings. The third-order valence-corrected chi connectivity index (χ3v) is 4.43. The van der Waals surface area contributed by atoms with Crippen LogP contribution >= 0.6 is 0 Å². The first-order valence-electron chi connectivity index (χ1n) is 9.61. The molecule has 0 aliphatic rings. The molecule has 0 unspecified atom stereocenters. The zero-order chi connectivity index (χ0) is 22.1. The van der Waals surface area contributed by atoms with Crippen LogP contribution in [0.5, 0.6) is 5.75 Å². The second kappa shape index (κ2) is 10.6. The van der Waals surface area contributed by atoms with Gasteiger partial charge in [0.15, 0.2) is 0 Å². The average molecular weight is 417 g/mol. The van der Waals surface area contributed by atoms with Crippen LogP contribution in [0.2, 0.25) is 0 Å². The van der Waals surface area contributed by atoms with Crippen LogP contribution < -0.4 is 10.1 Å². The van der Waals surface area contributed by atoms with Crippen molar-refractivity contribution in [2.24, 2.45) is 0 Å². The summed E-state index contributed by atoms with van der Waals surface area (Å²) in [6.45, 7) is 0.479. The lowest BCUT2D eigenvalue weighted by atomic mass is 10.0. The van der Waals surface area contributed by atoms with E-state index in [1.165, 1.54) is 14.2 Å². The number of hydrogen-bond donors (Lipinski definition) is 1. The molecule has 0 aliphatic carbocycles. The van der Waals surface area contributed by atoms with E-state index in [1.807, 2.05) is 72.8 Å². The van der Waals surface area contributed by atoms with Crippen molar-refractivity contribution in [3.05, 3.63) is 96.2 Å². The fraction of sp³-hybridized carbons (Fsp3) is 0.120. The molecule has 0 spiro atoms. The molecule has 0 atom stereocenters. The zero-order valence-electron chi connectivity index (χ0n) is 17.3. The van der Waals surface area contributed by atoms with Gasteiger partial charge in [0, 0.05) is 5.69 Å². The fourth-order valence-electron chi connectivity index (χ4n) is 2.87. The second-order valence-corrected chi connectivity index (χ2v) is 6.58. The second-order valence-electron chi connectivity index (χ2n) is 6.58. The highest BCUT2D eigenvalue weighted by Gasteiger charge is 2.13. The van der Waals surface area contributed by atoms with Crippen molar-refractivity contribution in [3.63, 3.8) is 0 Å². The molecule has 0 heterocycles. The predicted octanol–water partition coefficient (Wildman–Crippen LogP) is 4.57. The topological polar surface area (TPSA) is 73.9 Å². The van der Waals surface area contributed by atoms with E-state index in [9.17, 15) is 9.59 Å². The summed E-state index contributed by atoms with van der Waals surface area (Å²) in [5.74, 6) is -0.583. The van der Waals surface area contributed by atoms with E-state index in [0.29, 0.717) is 12.3 Å². The molecule has 3 rings (SSSR count). The monoisotopic (exact) mass is 417 g/mol. The lowest BCUT2D eigenvalue weighted by Gasteiger charge is -2.12. The molecule has 6 heteroatoms. The molecule has 3 aromatic carbocycles. The Hall–Kier alpha value is -4.06. The van der Waals surface area contributed by atoms with Crippen molar-refractivity contribution in [1.29, 1.82) is 0 Å². The Kier molecular flexibility index (Phi) is 7.43. The Morgan fingerprint density at radius 3 is 2.26 bits per heavy atom. The van der Waals surface area contributed by atoms with Gasteiger partial charge in [-0.3, -0.25) is 0 Å². The zero-order valence-corrected chi connectivity index (χ0v) is 17.3. The number of esters is 2. The standard InChI is InChI=1S/C25H23NO5/c1-29-24(27)16-23(25(28)30-2)26-21-12-6-10-19(14-21)20-11-7-13-22(15-20)31-17-18-8-4-3-5-9-18/h3-16,26H,17H2,1-2H3/b23-16+. The Bertz CT molecular complexity index is 1080. The molecule has 0 aliphatic heterocycles. The maximum atomic E-state index is 12.0. The maximum absolute atomic E-state index is 12.0. The van der Waals surface area contributed by atoms with Crippen molar-refractivity contribution >= 4 is 17.6 Å². The van der Waals surface area contributed by atoms with E-state index in [0.717, 1.165) is 28.5 Å². The van der Waals surface area contributed by atoms with Crippen LogP contribution in [-0.2, 0) is 25.7 Å². The molecule has 0 aromatic heterocycles. The van der Waals surface area contributed by atoms with Gasteiger partial charge in [0.1, 0.15) is 18.1 Å². The van der Waals surface area contributed by atoms with Crippen LogP contribution in [0.25, 0.3) is 11.1 Å². The highest BCUT2D eigenvalue weighted by molar-refractivity contribution is 5.98. The largest absolute Gasteiger partial charge is 0.489 e. The summed E-state index contributed by atoms with van der Waals surface area (Å²) >= 11 is 0. The van der Waals surface area contributed by atoms with Crippen LogP contribution in [0.15, 0.2) is 90.6 Å². The summed E-state index contributed by atoms with van der Waals surface area (Å²) in [5.41, 5.74) is 3.55. The van der Waals surface area contributed by atoms with E-state index in [1.54, 1.807) is 6.07 Å². The Balaban J connectivity index is 1.78.